The number of nitrogens with zero attached hydrogens (tertiary/aromatic N) is 3. The molecule has 0 bridgehead atoms. The van der Waals surface area contributed by atoms with E-state index in [0.29, 0.717) is 0 Å². The summed E-state index contributed by atoms with van der Waals surface area (Å²) in [7, 11) is 0. The third kappa shape index (κ3) is 1.77. The van der Waals surface area contributed by atoms with Crippen molar-refractivity contribution in [3.05, 3.63) is 24.0 Å². The SMILES string of the molecule is C=N/C=C1/C=CC=NN1CC. The van der Waals surface area contributed by atoms with E-state index in [1.165, 1.54) is 0 Å². The van der Waals surface area contributed by atoms with Crippen molar-refractivity contribution in [2.45, 2.75) is 6.92 Å². The summed E-state index contributed by atoms with van der Waals surface area (Å²) in [6.45, 7) is 6.27. The summed E-state index contributed by atoms with van der Waals surface area (Å²) in [6, 6.07) is 0. The highest BCUT2D eigenvalue weighted by molar-refractivity contribution is 5.73. The van der Waals surface area contributed by atoms with E-state index in [1.807, 2.05) is 24.1 Å². The van der Waals surface area contributed by atoms with Crippen LogP contribution in [-0.2, 0) is 0 Å². The smallest absolute Gasteiger partial charge is 0.0776 e. The average molecular weight is 149 g/mol. The normalized spacial score (nSPS) is 19.4. The first-order valence-electron chi connectivity index (χ1n) is 3.52. The van der Waals surface area contributed by atoms with Gasteiger partial charge in [0.15, 0.2) is 0 Å². The van der Waals surface area contributed by atoms with Gasteiger partial charge in [-0.1, -0.05) is 0 Å². The van der Waals surface area contributed by atoms with Crippen molar-refractivity contribution < 1.29 is 0 Å². The molecule has 0 N–H and O–H groups in total. The van der Waals surface area contributed by atoms with Crippen molar-refractivity contribution in [3.63, 3.8) is 0 Å². The molecule has 1 heterocycles. The van der Waals surface area contributed by atoms with Gasteiger partial charge in [-0.15, -0.1) is 0 Å². The number of hydrazone groups is 1. The molecule has 0 fully saturated rings. The molecule has 1 rings (SSSR count). The van der Waals surface area contributed by atoms with Crippen LogP contribution in [-0.4, -0.2) is 24.5 Å². The van der Waals surface area contributed by atoms with Gasteiger partial charge in [0, 0.05) is 12.8 Å². The number of likely N-dealkylation sites (N-methyl/N-ethyl adjacent to an activating group) is 1. The topological polar surface area (TPSA) is 28.0 Å². The molecule has 0 spiro atoms. The molecule has 0 atom stereocenters. The molecule has 1 aliphatic rings. The van der Waals surface area contributed by atoms with E-state index in [1.54, 1.807) is 12.4 Å². The molecule has 0 saturated carbocycles. The average Bonchev–Trinajstić information content (AvgIpc) is 2.06. The fourth-order valence-corrected chi connectivity index (χ4v) is 0.881. The second kappa shape index (κ2) is 3.71. The van der Waals surface area contributed by atoms with Crippen molar-refractivity contribution in [1.29, 1.82) is 0 Å². The lowest BCUT2D eigenvalue weighted by atomic mass is 10.3. The summed E-state index contributed by atoms with van der Waals surface area (Å²) in [6.07, 6.45) is 7.27. The molecule has 3 heteroatoms. The number of aliphatic imine (C=N–C) groups is 1. The lowest BCUT2D eigenvalue weighted by molar-refractivity contribution is 0.396. The monoisotopic (exact) mass is 149 g/mol. The standard InChI is InChI=1S/C8H11N3/c1-3-11-8(7-9-2)5-4-6-10-11/h4-7H,2-3H2,1H3/b8-7-. The van der Waals surface area contributed by atoms with E-state index in [4.69, 9.17) is 0 Å². The molecule has 58 valence electrons. The number of allylic oxidation sites excluding steroid dienone is 2. The minimum atomic E-state index is 0.849. The molecule has 0 unspecified atom stereocenters. The molecule has 11 heavy (non-hydrogen) atoms. The Balaban J connectivity index is 2.78. The Kier molecular flexibility index (Phi) is 2.60. The largest absolute Gasteiger partial charge is 0.270 e. The van der Waals surface area contributed by atoms with Crippen LogP contribution in [0.3, 0.4) is 0 Å². The second-order valence-corrected chi connectivity index (χ2v) is 2.08. The van der Waals surface area contributed by atoms with Crippen molar-refractivity contribution >= 4 is 12.9 Å². The van der Waals surface area contributed by atoms with Crippen LogP contribution in [0.5, 0.6) is 0 Å². The Morgan fingerprint density at radius 1 is 1.82 bits per heavy atom. The second-order valence-electron chi connectivity index (χ2n) is 2.08. The molecule has 0 aromatic heterocycles. The van der Waals surface area contributed by atoms with E-state index in [2.05, 4.69) is 16.8 Å². The van der Waals surface area contributed by atoms with Crippen LogP contribution in [0.1, 0.15) is 6.92 Å². The Morgan fingerprint density at radius 2 is 2.64 bits per heavy atom. The van der Waals surface area contributed by atoms with Crippen molar-refractivity contribution in [3.8, 4) is 0 Å². The van der Waals surface area contributed by atoms with E-state index in [9.17, 15) is 0 Å². The summed E-state index contributed by atoms with van der Waals surface area (Å²) in [5.74, 6) is 0. The summed E-state index contributed by atoms with van der Waals surface area (Å²) < 4.78 is 0. The lowest BCUT2D eigenvalue weighted by Crippen LogP contribution is -2.16. The minimum Gasteiger partial charge on any atom is -0.270 e. The van der Waals surface area contributed by atoms with Gasteiger partial charge in [0.1, 0.15) is 0 Å². The molecule has 0 aromatic carbocycles. The van der Waals surface area contributed by atoms with Crippen LogP contribution in [0.4, 0.5) is 0 Å². The first kappa shape index (κ1) is 7.72. The highest BCUT2D eigenvalue weighted by atomic mass is 15.5. The molecule has 1 aliphatic heterocycles. The van der Waals surface area contributed by atoms with Crippen molar-refractivity contribution in [1.82, 2.24) is 5.01 Å². The Morgan fingerprint density at radius 3 is 3.27 bits per heavy atom. The summed E-state index contributed by atoms with van der Waals surface area (Å²) in [5.41, 5.74) is 0.977. The number of hydrogen-bond acceptors (Lipinski definition) is 3. The van der Waals surface area contributed by atoms with E-state index < -0.39 is 0 Å². The molecule has 0 aliphatic carbocycles. The zero-order chi connectivity index (χ0) is 8.10. The number of hydrogen-bond donors (Lipinski definition) is 0. The first-order chi connectivity index (χ1) is 5.38. The predicted octanol–water partition coefficient (Wildman–Crippen LogP) is 1.41. The Hall–Kier alpha value is -1.38. The zero-order valence-electron chi connectivity index (χ0n) is 6.57. The third-order valence-corrected chi connectivity index (χ3v) is 1.38. The van der Waals surface area contributed by atoms with Gasteiger partial charge in [-0.3, -0.25) is 10.0 Å². The maximum Gasteiger partial charge on any atom is 0.0776 e. The Bertz CT molecular complexity index is 225. The number of rotatable bonds is 2. The van der Waals surface area contributed by atoms with Gasteiger partial charge in [-0.2, -0.15) is 5.10 Å². The molecule has 0 aromatic rings. The molecule has 3 nitrogen and oxygen atoms in total. The van der Waals surface area contributed by atoms with Gasteiger partial charge in [0.05, 0.1) is 11.9 Å². The first-order valence-corrected chi connectivity index (χ1v) is 3.52. The molecule has 0 radical (unpaired) electrons. The summed E-state index contributed by atoms with van der Waals surface area (Å²) in [5, 5.41) is 5.97. The Labute approximate surface area is 66.4 Å². The van der Waals surface area contributed by atoms with Gasteiger partial charge in [-0.25, -0.2) is 0 Å². The van der Waals surface area contributed by atoms with Gasteiger partial charge >= 0.3 is 0 Å². The quantitative estimate of drug-likeness (QED) is 0.545. The molecule has 0 saturated heterocycles. The predicted molar refractivity (Wildman–Crippen MR) is 47.6 cm³/mol. The van der Waals surface area contributed by atoms with E-state index in [-0.39, 0.29) is 0 Å². The van der Waals surface area contributed by atoms with Crippen LogP contribution in [0.2, 0.25) is 0 Å². The van der Waals surface area contributed by atoms with Gasteiger partial charge in [0.25, 0.3) is 0 Å². The van der Waals surface area contributed by atoms with Crippen LogP contribution in [0.25, 0.3) is 0 Å². The van der Waals surface area contributed by atoms with E-state index in [0.717, 1.165) is 12.2 Å². The molecular formula is C8H11N3. The third-order valence-electron chi connectivity index (χ3n) is 1.38. The van der Waals surface area contributed by atoms with Crippen LogP contribution in [0.15, 0.2) is 34.1 Å². The summed E-state index contributed by atoms with van der Waals surface area (Å²) >= 11 is 0. The maximum atomic E-state index is 4.11. The van der Waals surface area contributed by atoms with Crippen molar-refractivity contribution in [2.24, 2.45) is 10.1 Å². The van der Waals surface area contributed by atoms with Crippen LogP contribution in [0, 0.1) is 0 Å². The lowest BCUT2D eigenvalue weighted by Gasteiger charge is -2.18. The highest BCUT2D eigenvalue weighted by Crippen LogP contribution is 2.09. The fourth-order valence-electron chi connectivity index (χ4n) is 0.881. The van der Waals surface area contributed by atoms with Crippen LogP contribution < -0.4 is 0 Å². The van der Waals surface area contributed by atoms with Gasteiger partial charge in [0.2, 0.25) is 0 Å². The van der Waals surface area contributed by atoms with Crippen molar-refractivity contribution in [2.75, 3.05) is 6.54 Å². The maximum absolute atomic E-state index is 4.11. The van der Waals surface area contributed by atoms with E-state index >= 15 is 0 Å². The van der Waals surface area contributed by atoms with Gasteiger partial charge < -0.3 is 0 Å². The minimum absolute atomic E-state index is 0.849. The zero-order valence-corrected chi connectivity index (χ0v) is 6.57. The molecular weight excluding hydrogens is 138 g/mol. The summed E-state index contributed by atoms with van der Waals surface area (Å²) in [4.78, 5) is 3.68. The van der Waals surface area contributed by atoms with Gasteiger partial charge in [-0.05, 0) is 25.8 Å². The molecule has 0 amide bonds. The fraction of sp³-hybridized carbons (Fsp3) is 0.250. The van der Waals surface area contributed by atoms with Crippen LogP contribution >= 0.6 is 0 Å². The highest BCUT2D eigenvalue weighted by Gasteiger charge is 2.03.